The molecular weight excluding hydrogens is 363 g/mol. The molecule has 2 aliphatic heterocycles. The Labute approximate surface area is 158 Å². The standard InChI is InChI=1S/C21H15FN2O4/c1-8-9-2-3-10-12-6-24-16(18(12)23-15(17(9)10)5-14(8)22)4-11-13(20(24)26)7-28-21(27)19(11)25/h4-5,19,25H,2-3,6-7H2,1H3. The minimum absolute atomic E-state index is 0.141. The number of aliphatic hydroxyl groups excluding tert-OH is 1. The smallest absolute Gasteiger partial charge is 0.340 e. The summed E-state index contributed by atoms with van der Waals surface area (Å²) >= 11 is 0. The molecule has 1 aliphatic carbocycles. The van der Waals surface area contributed by atoms with Gasteiger partial charge in [-0.1, -0.05) is 0 Å². The summed E-state index contributed by atoms with van der Waals surface area (Å²) < 4.78 is 20.9. The van der Waals surface area contributed by atoms with Crippen LogP contribution < -0.4 is 5.56 Å². The molecule has 140 valence electrons. The van der Waals surface area contributed by atoms with Crippen molar-refractivity contribution in [2.45, 2.75) is 39.0 Å². The number of nitrogens with zero attached hydrogens (tertiary/aromatic N) is 2. The van der Waals surface area contributed by atoms with Gasteiger partial charge in [-0.25, -0.2) is 14.2 Å². The summed E-state index contributed by atoms with van der Waals surface area (Å²) in [5.74, 6) is -1.04. The zero-order valence-corrected chi connectivity index (χ0v) is 15.0. The molecule has 0 bridgehead atoms. The van der Waals surface area contributed by atoms with Crippen LogP contribution in [0.4, 0.5) is 4.39 Å². The van der Waals surface area contributed by atoms with E-state index in [-0.39, 0.29) is 23.5 Å². The van der Waals surface area contributed by atoms with Crippen molar-refractivity contribution in [1.29, 1.82) is 0 Å². The van der Waals surface area contributed by atoms with Crippen LogP contribution >= 0.6 is 0 Å². The van der Waals surface area contributed by atoms with Gasteiger partial charge in [0.2, 0.25) is 0 Å². The number of carbonyl (C=O) groups is 1. The molecule has 6 rings (SSSR count). The SMILES string of the molecule is Cc1c(F)cc2nc3c(c4c2c1CC4)Cn1c-3cc2c(c1=O)COC(=O)C2O. The molecule has 0 radical (unpaired) electrons. The highest BCUT2D eigenvalue weighted by Gasteiger charge is 2.35. The average Bonchev–Trinajstić information content (AvgIpc) is 3.26. The molecule has 6 nitrogen and oxygen atoms in total. The third kappa shape index (κ3) is 1.77. The van der Waals surface area contributed by atoms with Crippen LogP contribution in [0.1, 0.15) is 39.5 Å². The first-order valence-corrected chi connectivity index (χ1v) is 9.21. The lowest BCUT2D eigenvalue weighted by atomic mass is 9.98. The molecule has 0 fully saturated rings. The van der Waals surface area contributed by atoms with Crippen molar-refractivity contribution < 1.29 is 19.0 Å². The van der Waals surface area contributed by atoms with Crippen molar-refractivity contribution in [1.82, 2.24) is 9.55 Å². The molecule has 1 atom stereocenters. The molecule has 0 spiro atoms. The lowest BCUT2D eigenvalue weighted by Crippen LogP contribution is -2.32. The fraction of sp³-hybridized carbons (Fsp3) is 0.286. The number of rotatable bonds is 0. The Kier molecular flexibility index (Phi) is 2.88. The van der Waals surface area contributed by atoms with Gasteiger partial charge in [-0.2, -0.15) is 0 Å². The normalized spacial score (nSPS) is 18.8. The predicted molar refractivity (Wildman–Crippen MR) is 97.4 cm³/mol. The molecule has 4 heterocycles. The highest BCUT2D eigenvalue weighted by Crippen LogP contribution is 2.42. The van der Waals surface area contributed by atoms with E-state index in [4.69, 9.17) is 9.72 Å². The number of pyridine rings is 2. The molecule has 7 heteroatoms. The number of cyclic esters (lactones) is 1. The Morgan fingerprint density at radius 1 is 1.18 bits per heavy atom. The molecule has 3 aromatic rings. The molecule has 0 amide bonds. The highest BCUT2D eigenvalue weighted by molar-refractivity contribution is 5.93. The summed E-state index contributed by atoms with van der Waals surface area (Å²) in [6, 6.07) is 3.11. The molecule has 1 unspecified atom stereocenters. The van der Waals surface area contributed by atoms with Crippen LogP contribution in [-0.2, 0) is 35.5 Å². The van der Waals surface area contributed by atoms with E-state index in [1.54, 1.807) is 17.6 Å². The zero-order valence-electron chi connectivity index (χ0n) is 15.0. The van der Waals surface area contributed by atoms with Crippen molar-refractivity contribution in [3.63, 3.8) is 0 Å². The van der Waals surface area contributed by atoms with Crippen LogP contribution in [0.5, 0.6) is 0 Å². The van der Waals surface area contributed by atoms with Crippen molar-refractivity contribution in [3.8, 4) is 11.4 Å². The van der Waals surface area contributed by atoms with Crippen LogP contribution in [0.3, 0.4) is 0 Å². The Morgan fingerprint density at radius 2 is 1.96 bits per heavy atom. The van der Waals surface area contributed by atoms with Gasteiger partial charge in [0.25, 0.3) is 5.56 Å². The minimum Gasteiger partial charge on any atom is -0.458 e. The van der Waals surface area contributed by atoms with E-state index >= 15 is 0 Å². The maximum Gasteiger partial charge on any atom is 0.340 e. The van der Waals surface area contributed by atoms with E-state index in [2.05, 4.69) is 0 Å². The molecule has 1 N–H and O–H groups in total. The van der Waals surface area contributed by atoms with Gasteiger partial charge in [-0.3, -0.25) is 4.79 Å². The van der Waals surface area contributed by atoms with Gasteiger partial charge in [0.15, 0.2) is 6.10 Å². The van der Waals surface area contributed by atoms with Gasteiger partial charge in [0.05, 0.1) is 29.0 Å². The fourth-order valence-corrected chi connectivity index (χ4v) is 4.87. The van der Waals surface area contributed by atoms with E-state index in [1.807, 2.05) is 0 Å². The first-order valence-electron chi connectivity index (χ1n) is 9.21. The van der Waals surface area contributed by atoms with E-state index < -0.39 is 12.1 Å². The molecule has 0 saturated carbocycles. The number of benzene rings is 1. The first-order chi connectivity index (χ1) is 13.5. The van der Waals surface area contributed by atoms with Crippen molar-refractivity contribution >= 4 is 16.9 Å². The number of hydrogen-bond acceptors (Lipinski definition) is 5. The monoisotopic (exact) mass is 378 g/mol. The maximum atomic E-state index is 14.4. The van der Waals surface area contributed by atoms with Gasteiger partial charge >= 0.3 is 5.97 Å². The van der Waals surface area contributed by atoms with Crippen molar-refractivity contribution in [2.24, 2.45) is 0 Å². The zero-order chi connectivity index (χ0) is 19.3. The van der Waals surface area contributed by atoms with Crippen LogP contribution in [0.15, 0.2) is 16.9 Å². The van der Waals surface area contributed by atoms with Gasteiger partial charge in [0, 0.05) is 22.6 Å². The second kappa shape index (κ2) is 5.05. The fourth-order valence-electron chi connectivity index (χ4n) is 4.87. The van der Waals surface area contributed by atoms with Crippen LogP contribution in [0, 0.1) is 12.7 Å². The third-order valence-electron chi connectivity index (χ3n) is 6.31. The van der Waals surface area contributed by atoms with Crippen LogP contribution in [0.25, 0.3) is 22.3 Å². The Hall–Kier alpha value is -3.06. The molecule has 1 aromatic carbocycles. The summed E-state index contributed by atoms with van der Waals surface area (Å²) in [5.41, 5.74) is 5.81. The topological polar surface area (TPSA) is 81.4 Å². The second-order valence-corrected chi connectivity index (χ2v) is 7.64. The van der Waals surface area contributed by atoms with Crippen molar-refractivity contribution in [2.75, 3.05) is 0 Å². The van der Waals surface area contributed by atoms with E-state index in [0.29, 0.717) is 34.6 Å². The number of aryl methyl sites for hydroxylation is 2. The van der Waals surface area contributed by atoms with Gasteiger partial charge < -0.3 is 14.4 Å². The molecule has 0 saturated heterocycles. The number of hydrogen-bond donors (Lipinski definition) is 1. The highest BCUT2D eigenvalue weighted by atomic mass is 19.1. The van der Waals surface area contributed by atoms with Gasteiger partial charge in [-0.05, 0) is 42.5 Å². The van der Waals surface area contributed by atoms with Crippen LogP contribution in [-0.4, -0.2) is 20.6 Å². The first kappa shape index (κ1) is 15.9. The summed E-state index contributed by atoms with van der Waals surface area (Å²) in [7, 11) is 0. The van der Waals surface area contributed by atoms with Gasteiger partial charge in [-0.15, -0.1) is 0 Å². The number of aliphatic hydroxyl groups is 1. The number of esters is 1. The van der Waals surface area contributed by atoms with E-state index in [1.165, 1.54) is 6.07 Å². The molecule has 2 aromatic heterocycles. The number of aromatic nitrogens is 2. The lowest BCUT2D eigenvalue weighted by molar-refractivity contribution is -0.157. The predicted octanol–water partition coefficient (Wildman–Crippen LogP) is 2.06. The summed E-state index contributed by atoms with van der Waals surface area (Å²) in [6.45, 7) is 2.03. The largest absolute Gasteiger partial charge is 0.458 e. The van der Waals surface area contributed by atoms with E-state index in [9.17, 15) is 19.1 Å². The lowest BCUT2D eigenvalue weighted by Gasteiger charge is -2.21. The molecule has 28 heavy (non-hydrogen) atoms. The van der Waals surface area contributed by atoms with Crippen LogP contribution in [0.2, 0.25) is 0 Å². The quantitative estimate of drug-likeness (QED) is 0.474. The number of fused-ring (bicyclic) bond motifs is 5. The van der Waals surface area contributed by atoms with Gasteiger partial charge in [0.1, 0.15) is 12.4 Å². The summed E-state index contributed by atoms with van der Waals surface area (Å²) in [6.07, 6.45) is 0.0676. The Bertz CT molecular complexity index is 1320. The average molecular weight is 378 g/mol. The molecular formula is C21H15FN2O4. The maximum absolute atomic E-state index is 14.4. The third-order valence-corrected chi connectivity index (χ3v) is 6.31. The molecule has 3 aliphatic rings. The second-order valence-electron chi connectivity index (χ2n) is 7.64. The van der Waals surface area contributed by atoms with Crippen molar-refractivity contribution in [3.05, 3.63) is 61.7 Å². The number of carbonyl (C=O) groups excluding carboxylic acids is 1. The summed E-state index contributed by atoms with van der Waals surface area (Å²) in [4.78, 5) is 29.4. The summed E-state index contributed by atoms with van der Waals surface area (Å²) in [5, 5.41) is 11.2. The minimum atomic E-state index is -1.48. The Morgan fingerprint density at radius 3 is 2.79 bits per heavy atom. The van der Waals surface area contributed by atoms with E-state index in [0.717, 1.165) is 34.9 Å². The Balaban J connectivity index is 1.68. The number of ether oxygens (including phenoxy) is 1. The number of halogens is 1.